The van der Waals surface area contributed by atoms with E-state index in [0.29, 0.717) is 5.56 Å². The van der Waals surface area contributed by atoms with Gasteiger partial charge in [-0.05, 0) is 62.4 Å². The Bertz CT molecular complexity index is 817. The molecule has 0 aliphatic carbocycles. The molecule has 0 radical (unpaired) electrons. The highest BCUT2D eigenvalue weighted by molar-refractivity contribution is 5.95. The predicted molar refractivity (Wildman–Crippen MR) is 102 cm³/mol. The van der Waals surface area contributed by atoms with Crippen LogP contribution in [0.1, 0.15) is 24.2 Å². The van der Waals surface area contributed by atoms with Crippen LogP contribution in [-0.4, -0.2) is 37.9 Å². The molecule has 0 atom stereocenters. The van der Waals surface area contributed by atoms with Gasteiger partial charge in [0, 0.05) is 24.5 Å². The minimum atomic E-state index is -4.79. The second-order valence-corrected chi connectivity index (χ2v) is 5.92. The van der Waals surface area contributed by atoms with Gasteiger partial charge in [0.1, 0.15) is 5.75 Å². The largest absolute Gasteiger partial charge is 0.573 e. The van der Waals surface area contributed by atoms with Gasteiger partial charge in [-0.15, -0.1) is 13.2 Å². The topological polar surface area (TPSA) is 67.9 Å². The number of nitrogens with zero attached hydrogens (tertiary/aromatic N) is 1. The molecule has 6 nitrogen and oxygen atoms in total. The molecule has 29 heavy (non-hydrogen) atoms. The average molecular weight is 410 g/mol. The van der Waals surface area contributed by atoms with Gasteiger partial charge in [-0.25, -0.2) is 4.79 Å². The second-order valence-electron chi connectivity index (χ2n) is 5.92. The Morgan fingerprint density at radius 3 is 2.07 bits per heavy atom. The quantitative estimate of drug-likeness (QED) is 0.660. The van der Waals surface area contributed by atoms with Crippen molar-refractivity contribution in [1.82, 2.24) is 0 Å². The van der Waals surface area contributed by atoms with Crippen molar-refractivity contribution in [2.24, 2.45) is 0 Å². The number of esters is 1. The summed E-state index contributed by atoms with van der Waals surface area (Å²) in [6, 6.07) is 11.4. The van der Waals surface area contributed by atoms with E-state index in [9.17, 15) is 22.8 Å². The van der Waals surface area contributed by atoms with Crippen LogP contribution in [0.15, 0.2) is 48.5 Å². The van der Waals surface area contributed by atoms with E-state index in [1.165, 1.54) is 12.1 Å². The summed E-state index contributed by atoms with van der Waals surface area (Å²) in [5, 5.41) is 2.42. The third-order valence-corrected chi connectivity index (χ3v) is 3.94. The number of alkyl halides is 3. The first-order valence-electron chi connectivity index (χ1n) is 8.89. The Labute approximate surface area is 166 Å². The fourth-order valence-electron chi connectivity index (χ4n) is 2.55. The van der Waals surface area contributed by atoms with Crippen LogP contribution in [0.2, 0.25) is 0 Å². The lowest BCUT2D eigenvalue weighted by Crippen LogP contribution is -2.22. The number of halogens is 3. The van der Waals surface area contributed by atoms with Crippen molar-refractivity contribution in [2.75, 3.05) is 29.9 Å². The number of ether oxygens (including phenoxy) is 2. The van der Waals surface area contributed by atoms with Crippen LogP contribution in [0.5, 0.6) is 5.75 Å². The predicted octanol–water partition coefficient (Wildman–Crippen LogP) is 4.23. The molecule has 0 unspecified atom stereocenters. The molecule has 2 aromatic carbocycles. The van der Waals surface area contributed by atoms with E-state index in [0.717, 1.165) is 30.9 Å². The summed E-state index contributed by atoms with van der Waals surface area (Å²) in [4.78, 5) is 26.1. The van der Waals surface area contributed by atoms with Crippen LogP contribution >= 0.6 is 0 Å². The number of carbonyl (C=O) groups excluding carboxylic acids is 2. The summed E-state index contributed by atoms with van der Waals surface area (Å²) in [5.41, 5.74) is 1.52. The summed E-state index contributed by atoms with van der Waals surface area (Å²) in [5.74, 6) is -1.68. The van der Waals surface area contributed by atoms with Crippen molar-refractivity contribution in [3.63, 3.8) is 0 Å². The maximum absolute atomic E-state index is 12.1. The van der Waals surface area contributed by atoms with Crippen molar-refractivity contribution in [3.8, 4) is 5.75 Å². The first-order chi connectivity index (χ1) is 13.7. The molecular formula is C20H21F3N2O4. The number of rotatable bonds is 8. The highest BCUT2D eigenvalue weighted by Crippen LogP contribution is 2.24. The third kappa shape index (κ3) is 7.02. The molecule has 1 amide bonds. The van der Waals surface area contributed by atoms with Crippen molar-refractivity contribution in [3.05, 3.63) is 54.1 Å². The fraction of sp³-hybridized carbons (Fsp3) is 0.300. The van der Waals surface area contributed by atoms with Gasteiger partial charge in [0.15, 0.2) is 6.61 Å². The Morgan fingerprint density at radius 2 is 1.55 bits per heavy atom. The van der Waals surface area contributed by atoms with Gasteiger partial charge < -0.3 is 19.7 Å². The van der Waals surface area contributed by atoms with Crippen LogP contribution in [-0.2, 0) is 9.53 Å². The Morgan fingerprint density at radius 1 is 0.966 bits per heavy atom. The standard InChI is InChI=1S/C20H21F3N2O4/c1-3-25(4-2)16-9-5-14(6-10-16)19(27)28-13-18(26)24-15-7-11-17(12-8-15)29-20(21,22)23/h5-12H,3-4,13H2,1-2H3,(H,24,26). The molecule has 0 saturated heterocycles. The normalized spacial score (nSPS) is 10.9. The second kappa shape index (κ2) is 9.81. The average Bonchev–Trinajstić information content (AvgIpc) is 2.68. The minimum absolute atomic E-state index is 0.240. The maximum atomic E-state index is 12.1. The zero-order valence-corrected chi connectivity index (χ0v) is 16.0. The van der Waals surface area contributed by atoms with E-state index in [1.807, 2.05) is 13.8 Å². The molecule has 0 aliphatic rings. The van der Waals surface area contributed by atoms with Crippen LogP contribution in [0.25, 0.3) is 0 Å². The van der Waals surface area contributed by atoms with E-state index in [1.54, 1.807) is 24.3 Å². The van der Waals surface area contributed by atoms with Crippen molar-refractivity contribution in [2.45, 2.75) is 20.2 Å². The van der Waals surface area contributed by atoms with E-state index < -0.39 is 30.6 Å². The van der Waals surface area contributed by atoms with E-state index >= 15 is 0 Å². The Hall–Kier alpha value is -3.23. The zero-order chi connectivity index (χ0) is 21.4. The van der Waals surface area contributed by atoms with Crippen molar-refractivity contribution >= 4 is 23.3 Å². The first-order valence-corrected chi connectivity index (χ1v) is 8.89. The van der Waals surface area contributed by atoms with Crippen LogP contribution in [0, 0.1) is 0 Å². The van der Waals surface area contributed by atoms with Crippen LogP contribution in [0.3, 0.4) is 0 Å². The lowest BCUT2D eigenvalue weighted by Gasteiger charge is -2.20. The molecule has 0 fully saturated rings. The third-order valence-electron chi connectivity index (χ3n) is 3.94. The van der Waals surface area contributed by atoms with E-state index in [2.05, 4.69) is 15.0 Å². The molecule has 0 aromatic heterocycles. The smallest absolute Gasteiger partial charge is 0.452 e. The fourth-order valence-corrected chi connectivity index (χ4v) is 2.55. The van der Waals surface area contributed by atoms with Crippen molar-refractivity contribution in [1.29, 1.82) is 0 Å². The van der Waals surface area contributed by atoms with Gasteiger partial charge in [-0.2, -0.15) is 0 Å². The molecule has 2 aromatic rings. The summed E-state index contributed by atoms with van der Waals surface area (Å²) in [6.07, 6.45) is -4.79. The molecule has 0 spiro atoms. The number of anilines is 2. The Balaban J connectivity index is 1.84. The summed E-state index contributed by atoms with van der Waals surface area (Å²) in [7, 11) is 0. The number of carbonyl (C=O) groups is 2. The summed E-state index contributed by atoms with van der Waals surface area (Å²) < 4.78 is 45.1. The van der Waals surface area contributed by atoms with Gasteiger partial charge in [-0.3, -0.25) is 4.79 Å². The van der Waals surface area contributed by atoms with Gasteiger partial charge in [0.25, 0.3) is 5.91 Å². The van der Waals surface area contributed by atoms with Crippen LogP contribution < -0.4 is 15.0 Å². The lowest BCUT2D eigenvalue weighted by molar-refractivity contribution is -0.274. The van der Waals surface area contributed by atoms with E-state index in [4.69, 9.17) is 4.74 Å². The summed E-state index contributed by atoms with van der Waals surface area (Å²) in [6.45, 7) is 5.20. The molecule has 0 bridgehead atoms. The number of nitrogens with one attached hydrogen (secondary N) is 1. The van der Waals surface area contributed by atoms with E-state index in [-0.39, 0.29) is 5.69 Å². The van der Waals surface area contributed by atoms with Gasteiger partial charge in [-0.1, -0.05) is 0 Å². The highest BCUT2D eigenvalue weighted by atomic mass is 19.4. The summed E-state index contributed by atoms with van der Waals surface area (Å²) >= 11 is 0. The molecular weight excluding hydrogens is 389 g/mol. The van der Waals surface area contributed by atoms with Gasteiger partial charge in [0.05, 0.1) is 5.56 Å². The molecule has 1 N–H and O–H groups in total. The van der Waals surface area contributed by atoms with Crippen molar-refractivity contribution < 1.29 is 32.2 Å². The SMILES string of the molecule is CCN(CC)c1ccc(C(=O)OCC(=O)Nc2ccc(OC(F)(F)F)cc2)cc1. The van der Waals surface area contributed by atoms with Gasteiger partial charge in [0.2, 0.25) is 0 Å². The highest BCUT2D eigenvalue weighted by Gasteiger charge is 2.30. The number of benzene rings is 2. The molecule has 2 rings (SSSR count). The number of amides is 1. The molecule has 9 heteroatoms. The number of hydrogen-bond donors (Lipinski definition) is 1. The van der Waals surface area contributed by atoms with Crippen LogP contribution in [0.4, 0.5) is 24.5 Å². The lowest BCUT2D eigenvalue weighted by atomic mass is 10.2. The maximum Gasteiger partial charge on any atom is 0.573 e. The molecule has 0 heterocycles. The zero-order valence-electron chi connectivity index (χ0n) is 16.0. The monoisotopic (exact) mass is 410 g/mol. The molecule has 0 aliphatic heterocycles. The molecule has 156 valence electrons. The molecule has 0 saturated carbocycles. The Kier molecular flexibility index (Phi) is 7.46. The number of hydrogen-bond acceptors (Lipinski definition) is 5. The minimum Gasteiger partial charge on any atom is -0.452 e. The first kappa shape index (κ1) is 22.1. The van der Waals surface area contributed by atoms with Gasteiger partial charge >= 0.3 is 12.3 Å².